The average Bonchev–Trinajstić information content (AvgIpc) is 3.60. The molecule has 0 bridgehead atoms. The van der Waals surface area contributed by atoms with E-state index in [2.05, 4.69) is 162 Å². The summed E-state index contributed by atoms with van der Waals surface area (Å²) in [6.07, 6.45) is 16.5. The maximum absolute atomic E-state index is 4.76. The monoisotopic (exact) mass is 705 g/mol. The molecule has 9 aromatic rings. The van der Waals surface area contributed by atoms with E-state index >= 15 is 0 Å². The minimum absolute atomic E-state index is 0.410. The molecule has 1 atom stereocenters. The van der Waals surface area contributed by atoms with Gasteiger partial charge in [0, 0.05) is 45.5 Å². The highest BCUT2D eigenvalue weighted by molar-refractivity contribution is 6.23. The van der Waals surface area contributed by atoms with Crippen molar-refractivity contribution in [2.24, 2.45) is 0 Å². The number of fused-ring (bicyclic) bond motifs is 9. The number of hydrogen-bond donors (Lipinski definition) is 0. The molecular weight excluding hydrogens is 667 g/mol. The maximum Gasteiger partial charge on any atom is 0.0971 e. The molecule has 1 unspecified atom stereocenters. The lowest BCUT2D eigenvalue weighted by Gasteiger charge is -2.23. The Morgan fingerprint density at radius 1 is 0.509 bits per heavy atom. The molecule has 3 heteroatoms. The third-order valence-electron chi connectivity index (χ3n) is 12.0. The summed E-state index contributed by atoms with van der Waals surface area (Å²) in [5.41, 5.74) is 15.1. The van der Waals surface area contributed by atoms with Crippen molar-refractivity contribution < 1.29 is 0 Å². The zero-order valence-electron chi connectivity index (χ0n) is 30.6. The Hall–Kier alpha value is -6.58. The van der Waals surface area contributed by atoms with E-state index in [0.717, 1.165) is 35.7 Å². The molecule has 11 rings (SSSR count). The van der Waals surface area contributed by atoms with Gasteiger partial charge in [0.15, 0.2) is 0 Å². The van der Waals surface area contributed by atoms with Crippen molar-refractivity contribution in [3.63, 3.8) is 0 Å². The first-order valence-corrected chi connectivity index (χ1v) is 19.6. The number of nitrogens with zero attached hydrogens (tertiary/aromatic N) is 3. The third-order valence-corrected chi connectivity index (χ3v) is 12.0. The van der Waals surface area contributed by atoms with Gasteiger partial charge >= 0.3 is 0 Å². The molecule has 0 aliphatic heterocycles. The molecule has 0 saturated heterocycles. The predicted molar refractivity (Wildman–Crippen MR) is 232 cm³/mol. The molecule has 55 heavy (non-hydrogen) atoms. The normalized spacial score (nSPS) is 16.1. The number of benzene rings is 7. The van der Waals surface area contributed by atoms with Crippen LogP contribution in [0.3, 0.4) is 0 Å². The Bertz CT molecular complexity index is 3020. The first kappa shape index (κ1) is 31.9. The summed E-state index contributed by atoms with van der Waals surface area (Å²) in [4.78, 5) is 9.48. The highest BCUT2D eigenvalue weighted by atomic mass is 15.0. The Morgan fingerprint density at radius 2 is 1.18 bits per heavy atom. The van der Waals surface area contributed by atoms with Gasteiger partial charge in [-0.15, -0.1) is 0 Å². The molecule has 0 saturated carbocycles. The van der Waals surface area contributed by atoms with Gasteiger partial charge in [0.05, 0.1) is 22.1 Å². The lowest BCUT2D eigenvalue weighted by molar-refractivity contribution is 0.664. The van der Waals surface area contributed by atoms with Crippen LogP contribution in [0, 0.1) is 0 Å². The SMILES string of the molecule is C1=C(c2ccc3c(c2)c2ccccc2n3-c2ccccc2)C=C(c2ccc(C3C=C(c4ccc5c(c4)c4ccccc4c4nccnc54)CCC3)cc2)CC1. The minimum atomic E-state index is 0.410. The van der Waals surface area contributed by atoms with Crippen LogP contribution >= 0.6 is 0 Å². The molecule has 2 aromatic heterocycles. The van der Waals surface area contributed by atoms with Crippen LogP contribution in [-0.4, -0.2) is 14.5 Å². The fraction of sp³-hybridized carbons (Fsp3) is 0.115. The molecule has 7 aromatic carbocycles. The summed E-state index contributed by atoms with van der Waals surface area (Å²) in [6, 6.07) is 51.5. The van der Waals surface area contributed by atoms with Gasteiger partial charge < -0.3 is 4.57 Å². The van der Waals surface area contributed by atoms with Crippen molar-refractivity contribution in [2.45, 2.75) is 38.0 Å². The smallest absolute Gasteiger partial charge is 0.0971 e. The van der Waals surface area contributed by atoms with Crippen LogP contribution in [0.5, 0.6) is 0 Å². The summed E-state index contributed by atoms with van der Waals surface area (Å²) in [5.74, 6) is 0.410. The van der Waals surface area contributed by atoms with E-state index in [1.54, 1.807) is 12.4 Å². The minimum Gasteiger partial charge on any atom is -0.309 e. The summed E-state index contributed by atoms with van der Waals surface area (Å²) in [5, 5.41) is 7.40. The zero-order chi connectivity index (χ0) is 36.3. The molecule has 0 radical (unpaired) electrons. The van der Waals surface area contributed by atoms with Crippen LogP contribution in [-0.2, 0) is 0 Å². The highest BCUT2D eigenvalue weighted by Gasteiger charge is 2.20. The van der Waals surface area contributed by atoms with Gasteiger partial charge in [-0.3, -0.25) is 9.97 Å². The molecule has 3 nitrogen and oxygen atoms in total. The van der Waals surface area contributed by atoms with E-state index in [1.165, 1.54) is 95.5 Å². The van der Waals surface area contributed by atoms with Gasteiger partial charge in [0.1, 0.15) is 0 Å². The summed E-state index contributed by atoms with van der Waals surface area (Å²) in [6.45, 7) is 0. The summed E-state index contributed by atoms with van der Waals surface area (Å²) >= 11 is 0. The largest absolute Gasteiger partial charge is 0.309 e. The Balaban J connectivity index is 0.891. The topological polar surface area (TPSA) is 30.7 Å². The van der Waals surface area contributed by atoms with E-state index in [1.807, 2.05) is 0 Å². The van der Waals surface area contributed by atoms with Crippen LogP contribution in [0.1, 0.15) is 60.3 Å². The van der Waals surface area contributed by atoms with Crippen molar-refractivity contribution >= 4 is 71.1 Å². The van der Waals surface area contributed by atoms with Crippen molar-refractivity contribution in [3.8, 4) is 5.69 Å². The second kappa shape index (κ2) is 13.1. The molecule has 2 aliphatic carbocycles. The van der Waals surface area contributed by atoms with E-state index in [0.29, 0.717) is 5.92 Å². The summed E-state index contributed by atoms with van der Waals surface area (Å²) < 4.78 is 2.39. The van der Waals surface area contributed by atoms with E-state index in [9.17, 15) is 0 Å². The number of allylic oxidation sites excluding steroid dienone is 6. The Kier molecular flexibility index (Phi) is 7.58. The van der Waals surface area contributed by atoms with Crippen molar-refractivity contribution in [1.29, 1.82) is 0 Å². The lowest BCUT2D eigenvalue weighted by Crippen LogP contribution is -2.03. The van der Waals surface area contributed by atoms with Gasteiger partial charge in [0.25, 0.3) is 0 Å². The summed E-state index contributed by atoms with van der Waals surface area (Å²) in [7, 11) is 0. The van der Waals surface area contributed by atoms with Gasteiger partial charge in [-0.05, 0) is 118 Å². The molecule has 0 N–H and O–H groups in total. The third kappa shape index (κ3) is 5.41. The highest BCUT2D eigenvalue weighted by Crippen LogP contribution is 2.41. The van der Waals surface area contributed by atoms with Crippen LogP contribution in [0.25, 0.3) is 76.8 Å². The van der Waals surface area contributed by atoms with E-state index in [4.69, 9.17) is 9.97 Å². The average molecular weight is 706 g/mol. The van der Waals surface area contributed by atoms with Crippen LogP contribution in [0.15, 0.2) is 170 Å². The molecule has 0 fully saturated rings. The molecule has 2 aliphatic rings. The molecule has 0 spiro atoms. The van der Waals surface area contributed by atoms with Crippen molar-refractivity contribution in [1.82, 2.24) is 14.5 Å². The molecular formula is C52H39N3. The van der Waals surface area contributed by atoms with Gasteiger partial charge in [-0.1, -0.05) is 121 Å². The fourth-order valence-electron chi connectivity index (χ4n) is 9.34. The second-order valence-corrected chi connectivity index (χ2v) is 15.2. The van der Waals surface area contributed by atoms with E-state index < -0.39 is 0 Å². The number of hydrogen-bond acceptors (Lipinski definition) is 2. The first-order chi connectivity index (χ1) is 27.3. The molecule has 2 heterocycles. The maximum atomic E-state index is 4.76. The van der Waals surface area contributed by atoms with Crippen molar-refractivity contribution in [2.75, 3.05) is 0 Å². The van der Waals surface area contributed by atoms with Crippen LogP contribution < -0.4 is 0 Å². The molecule has 0 amide bonds. The van der Waals surface area contributed by atoms with Gasteiger partial charge in [0.2, 0.25) is 0 Å². The van der Waals surface area contributed by atoms with E-state index in [-0.39, 0.29) is 0 Å². The fourth-order valence-corrected chi connectivity index (χ4v) is 9.34. The Labute approximate surface area is 320 Å². The molecule has 262 valence electrons. The van der Waals surface area contributed by atoms with Gasteiger partial charge in [-0.25, -0.2) is 0 Å². The standard InChI is InChI=1S/C52H39N3/c1-2-14-42(15-3-1)55-49-19-7-6-17-44(49)48-33-41(25-27-50(48)55)39-13-9-11-37(31-39)35-22-20-34(21-23-35)36-10-8-12-38(30-36)40-24-26-46-47(32-40)43-16-4-5-18-45(43)51-52(46)54-29-28-53-51/h1-7,13-33,36H,8-12H2. The number of rotatable bonds is 5. The number of aromatic nitrogens is 3. The lowest BCUT2D eigenvalue weighted by atomic mass is 9.82. The van der Waals surface area contributed by atoms with Crippen molar-refractivity contribution in [3.05, 3.63) is 192 Å². The predicted octanol–water partition coefficient (Wildman–Crippen LogP) is 13.6. The zero-order valence-corrected chi connectivity index (χ0v) is 30.6. The Morgan fingerprint density at radius 3 is 2.02 bits per heavy atom. The quantitative estimate of drug-likeness (QED) is 0.167. The number of para-hydroxylation sites is 2. The first-order valence-electron chi connectivity index (χ1n) is 19.6. The second-order valence-electron chi connectivity index (χ2n) is 15.2. The van der Waals surface area contributed by atoms with Gasteiger partial charge in [-0.2, -0.15) is 0 Å². The van der Waals surface area contributed by atoms with Crippen LogP contribution in [0.2, 0.25) is 0 Å². The van der Waals surface area contributed by atoms with Crippen LogP contribution in [0.4, 0.5) is 0 Å².